The summed E-state index contributed by atoms with van der Waals surface area (Å²) < 4.78 is 0. The highest BCUT2D eigenvalue weighted by molar-refractivity contribution is 9.09. The number of carbonyl (C=O) groups excluding carboxylic acids is 1. The highest BCUT2D eigenvalue weighted by Gasteiger charge is 2.25. The van der Waals surface area contributed by atoms with Crippen LogP contribution in [-0.2, 0) is 4.79 Å². The van der Waals surface area contributed by atoms with Crippen LogP contribution in [0.2, 0.25) is 0 Å². The largest absolute Gasteiger partial charge is 0.369 e. The monoisotopic (exact) mass is 325 g/mol. The summed E-state index contributed by atoms with van der Waals surface area (Å²) in [5.74, 6) is 0.363. The average Bonchev–Trinajstić information content (AvgIpc) is 2.34. The third-order valence-corrected chi connectivity index (χ3v) is 3.97. The molecular formula is C16H24BrNO. The minimum Gasteiger partial charge on any atom is -0.369 e. The third-order valence-electron chi connectivity index (χ3n) is 3.51. The van der Waals surface area contributed by atoms with Gasteiger partial charge in [-0.3, -0.25) is 4.79 Å². The maximum atomic E-state index is 11.8. The molecule has 1 atom stereocenters. The number of hydrogen-bond donors (Lipinski definition) is 1. The van der Waals surface area contributed by atoms with Crippen molar-refractivity contribution in [3.05, 3.63) is 34.9 Å². The highest BCUT2D eigenvalue weighted by atomic mass is 79.9. The van der Waals surface area contributed by atoms with E-state index in [4.69, 9.17) is 5.73 Å². The van der Waals surface area contributed by atoms with Crippen molar-refractivity contribution in [1.29, 1.82) is 0 Å². The Morgan fingerprint density at radius 2 is 1.63 bits per heavy atom. The lowest BCUT2D eigenvalue weighted by Crippen LogP contribution is -2.24. The lowest BCUT2D eigenvalue weighted by atomic mass is 9.81. The van der Waals surface area contributed by atoms with Crippen LogP contribution in [0, 0.1) is 0 Å². The fraction of sp³-hybridized carbons (Fsp3) is 0.562. The summed E-state index contributed by atoms with van der Waals surface area (Å²) in [4.78, 5) is 11.8. The molecule has 0 fully saturated rings. The van der Waals surface area contributed by atoms with E-state index in [1.54, 1.807) is 0 Å². The van der Waals surface area contributed by atoms with Crippen LogP contribution in [0.1, 0.15) is 68.6 Å². The molecule has 106 valence electrons. The quantitative estimate of drug-likeness (QED) is 0.779. The van der Waals surface area contributed by atoms with Gasteiger partial charge in [-0.25, -0.2) is 0 Å². The van der Waals surface area contributed by atoms with Crippen molar-refractivity contribution in [2.24, 2.45) is 5.73 Å². The van der Waals surface area contributed by atoms with E-state index in [1.807, 2.05) is 0 Å². The van der Waals surface area contributed by atoms with Crippen LogP contribution in [0.4, 0.5) is 0 Å². The van der Waals surface area contributed by atoms with E-state index in [1.165, 1.54) is 11.1 Å². The molecule has 0 aliphatic rings. The van der Waals surface area contributed by atoms with Crippen molar-refractivity contribution < 1.29 is 4.79 Å². The van der Waals surface area contributed by atoms with Gasteiger partial charge >= 0.3 is 0 Å². The standard InChI is InChI=1S/C16H24BrNO/c1-10(2)12-6-5-7-13(11(3)4)15(12)14(8-9-17)16(18)19/h5-7,10-11,14H,8-9H2,1-4H3,(H2,18,19). The second kappa shape index (κ2) is 7.09. The smallest absolute Gasteiger partial charge is 0.225 e. The van der Waals surface area contributed by atoms with E-state index in [0.29, 0.717) is 11.8 Å². The number of primary amides is 1. The SMILES string of the molecule is CC(C)c1cccc(C(C)C)c1C(CCBr)C(N)=O. The molecule has 19 heavy (non-hydrogen) atoms. The van der Waals surface area contributed by atoms with E-state index in [0.717, 1.165) is 17.3 Å². The molecule has 0 saturated heterocycles. The molecule has 3 heteroatoms. The van der Waals surface area contributed by atoms with Gasteiger partial charge in [-0.05, 0) is 34.9 Å². The van der Waals surface area contributed by atoms with Crippen LogP contribution >= 0.6 is 15.9 Å². The first-order chi connectivity index (χ1) is 8.90. The molecule has 0 heterocycles. The molecule has 1 unspecified atom stereocenters. The molecular weight excluding hydrogens is 302 g/mol. The molecule has 0 saturated carbocycles. The number of amides is 1. The lowest BCUT2D eigenvalue weighted by molar-refractivity contribution is -0.119. The van der Waals surface area contributed by atoms with Gasteiger partial charge in [0.25, 0.3) is 0 Å². The molecule has 0 radical (unpaired) electrons. The second-order valence-corrected chi connectivity index (χ2v) is 6.39. The maximum Gasteiger partial charge on any atom is 0.225 e. The Morgan fingerprint density at radius 3 is 1.95 bits per heavy atom. The summed E-state index contributed by atoms with van der Waals surface area (Å²) >= 11 is 3.43. The number of rotatable bonds is 6. The van der Waals surface area contributed by atoms with Crippen LogP contribution < -0.4 is 5.73 Å². The van der Waals surface area contributed by atoms with Gasteiger partial charge < -0.3 is 5.73 Å². The fourth-order valence-corrected chi connectivity index (χ4v) is 3.01. The zero-order valence-electron chi connectivity index (χ0n) is 12.2. The molecule has 1 aromatic carbocycles. The Hall–Kier alpha value is -0.830. The number of hydrogen-bond acceptors (Lipinski definition) is 1. The molecule has 2 N–H and O–H groups in total. The number of alkyl halides is 1. The summed E-state index contributed by atoms with van der Waals surface area (Å²) in [7, 11) is 0. The topological polar surface area (TPSA) is 43.1 Å². The highest BCUT2D eigenvalue weighted by Crippen LogP contribution is 2.35. The number of halogens is 1. The number of carbonyl (C=O) groups is 1. The van der Waals surface area contributed by atoms with E-state index in [2.05, 4.69) is 61.8 Å². The van der Waals surface area contributed by atoms with Gasteiger partial charge in [0.1, 0.15) is 0 Å². The first-order valence-corrected chi connectivity index (χ1v) is 8.00. The molecule has 1 aromatic rings. The van der Waals surface area contributed by atoms with Crippen LogP contribution in [0.15, 0.2) is 18.2 Å². The minimum absolute atomic E-state index is 0.199. The Balaban J connectivity index is 3.45. The van der Waals surface area contributed by atoms with Crippen molar-refractivity contribution in [2.45, 2.75) is 51.9 Å². The summed E-state index contributed by atoms with van der Waals surface area (Å²) in [6, 6.07) is 6.33. The molecule has 0 aliphatic carbocycles. The molecule has 0 aromatic heterocycles. The Kier molecular flexibility index (Phi) is 6.05. The van der Waals surface area contributed by atoms with E-state index >= 15 is 0 Å². The molecule has 0 aliphatic heterocycles. The maximum absolute atomic E-state index is 11.8. The van der Waals surface area contributed by atoms with Crippen molar-refractivity contribution in [1.82, 2.24) is 0 Å². The van der Waals surface area contributed by atoms with Gasteiger partial charge in [0, 0.05) is 5.33 Å². The number of benzene rings is 1. The van der Waals surface area contributed by atoms with E-state index in [9.17, 15) is 4.79 Å². The summed E-state index contributed by atoms with van der Waals surface area (Å²) in [6.07, 6.45) is 0.749. The second-order valence-electron chi connectivity index (χ2n) is 5.59. The molecule has 1 amide bonds. The van der Waals surface area contributed by atoms with E-state index in [-0.39, 0.29) is 11.8 Å². The third kappa shape index (κ3) is 3.82. The van der Waals surface area contributed by atoms with Crippen molar-refractivity contribution in [3.63, 3.8) is 0 Å². The minimum atomic E-state index is -0.227. The summed E-state index contributed by atoms with van der Waals surface area (Å²) in [5.41, 5.74) is 9.28. The normalized spacial score (nSPS) is 13.0. The van der Waals surface area contributed by atoms with Crippen molar-refractivity contribution in [3.8, 4) is 0 Å². The van der Waals surface area contributed by atoms with Gasteiger partial charge in [-0.15, -0.1) is 0 Å². The molecule has 2 nitrogen and oxygen atoms in total. The predicted octanol–water partition coefficient (Wildman–Crippen LogP) is 4.29. The van der Waals surface area contributed by atoms with Crippen LogP contribution in [-0.4, -0.2) is 11.2 Å². The molecule has 0 spiro atoms. The summed E-state index contributed by atoms with van der Waals surface area (Å²) in [6.45, 7) is 8.65. The predicted molar refractivity (Wildman–Crippen MR) is 85.0 cm³/mol. The zero-order chi connectivity index (χ0) is 14.6. The fourth-order valence-electron chi connectivity index (χ4n) is 2.55. The Bertz CT molecular complexity index is 414. The lowest BCUT2D eigenvalue weighted by Gasteiger charge is -2.24. The Morgan fingerprint density at radius 1 is 1.16 bits per heavy atom. The first-order valence-electron chi connectivity index (χ1n) is 6.88. The van der Waals surface area contributed by atoms with Gasteiger partial charge in [-0.2, -0.15) is 0 Å². The number of nitrogens with two attached hydrogens (primary N) is 1. The van der Waals surface area contributed by atoms with Gasteiger partial charge in [0.05, 0.1) is 5.92 Å². The Labute approximate surface area is 124 Å². The van der Waals surface area contributed by atoms with Crippen LogP contribution in [0.5, 0.6) is 0 Å². The van der Waals surface area contributed by atoms with Gasteiger partial charge in [-0.1, -0.05) is 61.8 Å². The van der Waals surface area contributed by atoms with Crippen molar-refractivity contribution in [2.75, 3.05) is 5.33 Å². The van der Waals surface area contributed by atoms with Gasteiger partial charge in [0.15, 0.2) is 0 Å². The molecule has 0 bridgehead atoms. The zero-order valence-corrected chi connectivity index (χ0v) is 13.8. The van der Waals surface area contributed by atoms with Crippen LogP contribution in [0.3, 0.4) is 0 Å². The van der Waals surface area contributed by atoms with Crippen LogP contribution in [0.25, 0.3) is 0 Å². The van der Waals surface area contributed by atoms with E-state index < -0.39 is 0 Å². The molecule has 1 rings (SSSR count). The van der Waals surface area contributed by atoms with Gasteiger partial charge in [0.2, 0.25) is 5.91 Å². The summed E-state index contributed by atoms with van der Waals surface area (Å²) in [5, 5.41) is 0.782. The average molecular weight is 326 g/mol. The van der Waals surface area contributed by atoms with Crippen molar-refractivity contribution >= 4 is 21.8 Å². The first kappa shape index (κ1) is 16.2.